The number of nitrogens with one attached hydrogen (secondary N) is 1. The number of unbranched alkanes of at least 4 members (excludes halogenated alkanes) is 2. The summed E-state index contributed by atoms with van der Waals surface area (Å²) in [6, 6.07) is 10.9. The second kappa shape index (κ2) is 6.83. The second-order valence-electron chi connectivity index (χ2n) is 5.70. The van der Waals surface area contributed by atoms with Gasteiger partial charge in [-0.25, -0.2) is 13.1 Å². The van der Waals surface area contributed by atoms with Crippen LogP contribution in [0.25, 0.3) is 21.9 Å². The average Bonchev–Trinajstić information content (AvgIpc) is 2.95. The molecule has 1 N–H and O–H groups in total. The number of ether oxygens (including phenoxy) is 1. The van der Waals surface area contributed by atoms with Gasteiger partial charge in [0.1, 0.15) is 21.8 Å². The Hall–Kier alpha value is -2.05. The smallest absolute Gasteiger partial charge is 0.244 e. The van der Waals surface area contributed by atoms with E-state index >= 15 is 0 Å². The third-order valence-electron chi connectivity index (χ3n) is 4.02. The molecule has 3 aromatic rings. The Morgan fingerprint density at radius 2 is 1.88 bits per heavy atom. The van der Waals surface area contributed by atoms with E-state index in [4.69, 9.17) is 9.15 Å². The Labute approximate surface area is 141 Å². The molecule has 24 heavy (non-hydrogen) atoms. The lowest BCUT2D eigenvalue weighted by molar-refractivity contribution is 0.403. The molecule has 0 bridgehead atoms. The summed E-state index contributed by atoms with van der Waals surface area (Å²) >= 11 is 0. The van der Waals surface area contributed by atoms with Gasteiger partial charge in [0.15, 0.2) is 0 Å². The lowest BCUT2D eigenvalue weighted by Crippen LogP contribution is -2.25. The Bertz CT molecular complexity index is 960. The van der Waals surface area contributed by atoms with E-state index in [9.17, 15) is 8.42 Å². The number of rotatable bonds is 7. The van der Waals surface area contributed by atoms with Crippen LogP contribution in [0.2, 0.25) is 0 Å². The molecule has 5 nitrogen and oxygen atoms in total. The largest absolute Gasteiger partial charge is 0.495 e. The molecule has 0 unspecified atom stereocenters. The number of hydrogen-bond donors (Lipinski definition) is 1. The van der Waals surface area contributed by atoms with Gasteiger partial charge in [-0.3, -0.25) is 0 Å². The highest BCUT2D eigenvalue weighted by Crippen LogP contribution is 2.35. The van der Waals surface area contributed by atoms with Crippen molar-refractivity contribution in [1.82, 2.24) is 4.72 Å². The summed E-state index contributed by atoms with van der Waals surface area (Å²) < 4.78 is 38.9. The molecule has 0 saturated carbocycles. The zero-order chi connectivity index (χ0) is 17.2. The first-order valence-electron chi connectivity index (χ1n) is 8.05. The predicted molar refractivity (Wildman–Crippen MR) is 95.0 cm³/mol. The number of sulfonamides is 1. The van der Waals surface area contributed by atoms with E-state index in [2.05, 4.69) is 11.6 Å². The average molecular weight is 347 g/mol. The molecule has 0 aliphatic heterocycles. The zero-order valence-electron chi connectivity index (χ0n) is 13.8. The number of benzene rings is 2. The summed E-state index contributed by atoms with van der Waals surface area (Å²) in [5.41, 5.74) is 1.26. The maximum Gasteiger partial charge on any atom is 0.244 e. The van der Waals surface area contributed by atoms with Gasteiger partial charge in [-0.1, -0.05) is 38.0 Å². The van der Waals surface area contributed by atoms with Crippen LogP contribution in [0.1, 0.15) is 26.2 Å². The van der Waals surface area contributed by atoms with Gasteiger partial charge in [-0.05, 0) is 18.6 Å². The van der Waals surface area contributed by atoms with Crippen LogP contribution >= 0.6 is 0 Å². The van der Waals surface area contributed by atoms with Gasteiger partial charge in [-0.15, -0.1) is 0 Å². The van der Waals surface area contributed by atoms with Crippen molar-refractivity contribution in [3.63, 3.8) is 0 Å². The van der Waals surface area contributed by atoms with Gasteiger partial charge in [0.2, 0.25) is 10.0 Å². The van der Waals surface area contributed by atoms with Gasteiger partial charge >= 0.3 is 0 Å². The molecule has 0 spiro atoms. The first-order valence-corrected chi connectivity index (χ1v) is 9.54. The van der Waals surface area contributed by atoms with Crippen molar-refractivity contribution >= 4 is 32.0 Å². The second-order valence-corrected chi connectivity index (χ2v) is 7.44. The topological polar surface area (TPSA) is 68.5 Å². The van der Waals surface area contributed by atoms with Crippen molar-refractivity contribution in [2.45, 2.75) is 31.1 Å². The highest BCUT2D eigenvalue weighted by atomic mass is 32.2. The molecule has 3 rings (SSSR count). The minimum absolute atomic E-state index is 0.105. The van der Waals surface area contributed by atoms with Crippen LogP contribution < -0.4 is 9.46 Å². The van der Waals surface area contributed by atoms with E-state index in [0.717, 1.165) is 35.6 Å². The van der Waals surface area contributed by atoms with E-state index < -0.39 is 10.0 Å². The van der Waals surface area contributed by atoms with Crippen LogP contribution in [0.15, 0.2) is 45.7 Å². The third-order valence-corrected chi connectivity index (χ3v) is 5.51. The van der Waals surface area contributed by atoms with Crippen LogP contribution in [0.4, 0.5) is 0 Å². The van der Waals surface area contributed by atoms with Crippen molar-refractivity contribution in [1.29, 1.82) is 0 Å². The van der Waals surface area contributed by atoms with E-state index in [1.807, 2.05) is 24.3 Å². The van der Waals surface area contributed by atoms with E-state index in [0.29, 0.717) is 17.9 Å². The van der Waals surface area contributed by atoms with Crippen LogP contribution in [0.5, 0.6) is 5.75 Å². The van der Waals surface area contributed by atoms with Gasteiger partial charge in [0, 0.05) is 23.4 Å². The summed E-state index contributed by atoms with van der Waals surface area (Å²) in [5, 5.41) is 1.78. The minimum atomic E-state index is -3.65. The first-order chi connectivity index (χ1) is 11.6. The number of para-hydroxylation sites is 1. The van der Waals surface area contributed by atoms with E-state index in [1.165, 1.54) is 13.2 Å². The van der Waals surface area contributed by atoms with Crippen molar-refractivity contribution in [3.8, 4) is 5.75 Å². The molecule has 0 atom stereocenters. The van der Waals surface area contributed by atoms with Crippen molar-refractivity contribution in [2.75, 3.05) is 13.7 Å². The van der Waals surface area contributed by atoms with Gasteiger partial charge in [0.25, 0.3) is 0 Å². The summed E-state index contributed by atoms with van der Waals surface area (Å²) in [6.45, 7) is 2.49. The van der Waals surface area contributed by atoms with Crippen LogP contribution in [0, 0.1) is 0 Å². The van der Waals surface area contributed by atoms with Gasteiger partial charge < -0.3 is 9.15 Å². The van der Waals surface area contributed by atoms with Crippen LogP contribution in [-0.4, -0.2) is 22.1 Å². The van der Waals surface area contributed by atoms with Gasteiger partial charge in [-0.2, -0.15) is 0 Å². The van der Waals surface area contributed by atoms with E-state index in [-0.39, 0.29) is 4.90 Å². The van der Waals surface area contributed by atoms with E-state index in [1.54, 1.807) is 6.07 Å². The van der Waals surface area contributed by atoms with Crippen LogP contribution in [-0.2, 0) is 10.0 Å². The minimum Gasteiger partial charge on any atom is -0.495 e. The van der Waals surface area contributed by atoms with Crippen molar-refractivity contribution in [2.24, 2.45) is 0 Å². The molecule has 6 heteroatoms. The molecule has 0 aliphatic rings. The Morgan fingerprint density at radius 3 is 2.62 bits per heavy atom. The van der Waals surface area contributed by atoms with Crippen LogP contribution in [0.3, 0.4) is 0 Å². The molecule has 0 fully saturated rings. The molecular weight excluding hydrogens is 326 g/mol. The number of furan rings is 1. The molecule has 0 aliphatic carbocycles. The SMILES string of the molecule is CCCCCNS(=O)(=O)c1cc2oc3ccccc3c2cc1OC. The standard InChI is InChI=1S/C18H21NO4S/c1-3-4-7-10-19-24(20,21)18-12-16-14(11-17(18)22-2)13-8-5-6-9-15(13)23-16/h5-6,8-9,11-12,19H,3-4,7,10H2,1-2H3. The monoisotopic (exact) mass is 347 g/mol. The maximum atomic E-state index is 12.6. The maximum absolute atomic E-state index is 12.6. The third kappa shape index (κ3) is 3.12. The number of hydrogen-bond acceptors (Lipinski definition) is 4. The molecule has 0 saturated heterocycles. The Kier molecular flexibility index (Phi) is 4.78. The molecule has 0 amide bonds. The normalized spacial score (nSPS) is 12.1. The fourth-order valence-electron chi connectivity index (χ4n) is 2.76. The molecule has 0 radical (unpaired) electrons. The molecule has 1 aromatic heterocycles. The summed E-state index contributed by atoms with van der Waals surface area (Å²) in [5.74, 6) is 0.317. The highest BCUT2D eigenvalue weighted by Gasteiger charge is 2.22. The first kappa shape index (κ1) is 16.8. The van der Waals surface area contributed by atoms with Gasteiger partial charge in [0.05, 0.1) is 7.11 Å². The number of fused-ring (bicyclic) bond motifs is 3. The van der Waals surface area contributed by atoms with Crippen molar-refractivity contribution in [3.05, 3.63) is 36.4 Å². The van der Waals surface area contributed by atoms with Crippen molar-refractivity contribution < 1.29 is 17.6 Å². The fourth-order valence-corrected chi connectivity index (χ4v) is 4.00. The Morgan fingerprint density at radius 1 is 1.08 bits per heavy atom. The number of methoxy groups -OCH3 is 1. The summed E-state index contributed by atoms with van der Waals surface area (Å²) in [6.07, 6.45) is 2.84. The quantitative estimate of drug-likeness (QED) is 0.654. The molecule has 2 aromatic carbocycles. The molecular formula is C18H21NO4S. The fraction of sp³-hybridized carbons (Fsp3) is 0.333. The summed E-state index contributed by atoms with van der Waals surface area (Å²) in [4.78, 5) is 0.105. The summed E-state index contributed by atoms with van der Waals surface area (Å²) in [7, 11) is -2.18. The predicted octanol–water partition coefficient (Wildman–Crippen LogP) is 4.06. The highest BCUT2D eigenvalue weighted by molar-refractivity contribution is 7.89. The lowest BCUT2D eigenvalue weighted by Gasteiger charge is -2.10. The zero-order valence-corrected chi connectivity index (χ0v) is 14.7. The molecule has 128 valence electrons. The lowest BCUT2D eigenvalue weighted by atomic mass is 10.1. The molecule has 1 heterocycles. The Balaban J connectivity index is 2.05.